The van der Waals surface area contributed by atoms with Crippen LogP contribution in [0.3, 0.4) is 0 Å². The summed E-state index contributed by atoms with van der Waals surface area (Å²) in [5.74, 6) is 0. The van der Waals surface area contributed by atoms with Crippen molar-refractivity contribution in [3.8, 4) is 0 Å². The Bertz CT molecular complexity index is 1280. The van der Waals surface area contributed by atoms with Crippen molar-refractivity contribution >= 4 is 54.2 Å². The van der Waals surface area contributed by atoms with Crippen LogP contribution in [0, 0.1) is 0 Å². The van der Waals surface area contributed by atoms with Gasteiger partial charge >= 0.3 is 0 Å². The SMILES string of the molecule is O=S(=O)(O)c1cccc(P(c2cccc(S(=O)(=O)O)c2)c2cccc(S(=O)(=O)O)c2)c1. The minimum atomic E-state index is -4.55. The summed E-state index contributed by atoms with van der Waals surface area (Å²) < 4.78 is 97.7. The van der Waals surface area contributed by atoms with Crippen molar-refractivity contribution in [2.24, 2.45) is 0 Å². The van der Waals surface area contributed by atoms with E-state index in [-0.39, 0.29) is 0 Å². The molecule has 0 aliphatic rings. The van der Waals surface area contributed by atoms with E-state index in [9.17, 15) is 38.9 Å². The van der Waals surface area contributed by atoms with E-state index >= 15 is 0 Å². The lowest BCUT2D eigenvalue weighted by Gasteiger charge is -2.20. The third kappa shape index (κ3) is 5.55. The molecule has 0 spiro atoms. The highest BCUT2D eigenvalue weighted by atomic mass is 32.2. The Hall–Kier alpha value is -2.18. The number of benzene rings is 3. The molecule has 0 aromatic heterocycles. The summed E-state index contributed by atoms with van der Waals surface area (Å²) >= 11 is 0. The molecule has 13 heteroatoms. The summed E-state index contributed by atoms with van der Waals surface area (Å²) in [4.78, 5) is -1.22. The molecule has 0 heterocycles. The first-order valence-corrected chi connectivity index (χ1v) is 14.0. The van der Waals surface area contributed by atoms with Gasteiger partial charge in [-0.2, -0.15) is 25.3 Å². The van der Waals surface area contributed by atoms with Crippen molar-refractivity contribution in [2.75, 3.05) is 0 Å². The molecule has 0 unspecified atom stereocenters. The Labute approximate surface area is 180 Å². The van der Waals surface area contributed by atoms with Gasteiger partial charge in [-0.25, -0.2) is 0 Å². The fourth-order valence-corrected chi connectivity index (χ4v) is 7.04. The van der Waals surface area contributed by atoms with E-state index in [1.807, 2.05) is 0 Å². The third-order valence-electron chi connectivity index (χ3n) is 4.12. The van der Waals surface area contributed by atoms with Crippen molar-refractivity contribution < 1.29 is 38.9 Å². The molecular weight excluding hydrogens is 487 g/mol. The van der Waals surface area contributed by atoms with Gasteiger partial charge in [-0.05, 0) is 60.2 Å². The fourth-order valence-electron chi connectivity index (χ4n) is 2.80. The van der Waals surface area contributed by atoms with Crippen LogP contribution in [-0.4, -0.2) is 38.9 Å². The maximum atomic E-state index is 11.6. The molecular formula is C18H15O9PS3. The number of hydrogen-bond acceptors (Lipinski definition) is 6. The van der Waals surface area contributed by atoms with E-state index in [0.717, 1.165) is 18.2 Å². The second kappa shape index (κ2) is 8.40. The van der Waals surface area contributed by atoms with E-state index in [1.165, 1.54) is 54.6 Å². The molecule has 0 aliphatic heterocycles. The highest BCUT2D eigenvalue weighted by molar-refractivity contribution is 7.86. The van der Waals surface area contributed by atoms with Gasteiger partial charge in [0.1, 0.15) is 0 Å². The zero-order valence-electron chi connectivity index (χ0n) is 15.4. The quantitative estimate of drug-likeness (QED) is 0.332. The molecule has 0 atom stereocenters. The summed E-state index contributed by atoms with van der Waals surface area (Å²) in [5, 5.41) is 1.01. The van der Waals surface area contributed by atoms with Gasteiger partial charge in [-0.1, -0.05) is 36.4 Å². The molecule has 3 N–H and O–H groups in total. The first-order valence-electron chi connectivity index (χ1n) is 8.30. The summed E-state index contributed by atoms with van der Waals surface area (Å²) in [6.07, 6.45) is 0. The van der Waals surface area contributed by atoms with Crippen LogP contribution >= 0.6 is 7.92 Å². The molecule has 3 aromatic rings. The van der Waals surface area contributed by atoms with E-state index in [0.29, 0.717) is 15.9 Å². The molecule has 0 fully saturated rings. The Balaban J connectivity index is 2.31. The van der Waals surface area contributed by atoms with Gasteiger partial charge in [0.05, 0.1) is 14.7 Å². The van der Waals surface area contributed by atoms with Crippen LogP contribution in [0.2, 0.25) is 0 Å². The standard InChI is InChI=1S/C18H15O9PS3/c19-29(20,21)16-7-1-4-13(10-16)28(14-5-2-8-17(11-14)30(22,23)24)15-6-3-9-18(12-15)31(25,26)27/h1-12H,(H,19,20,21)(H,22,23,24)(H,25,26,27). The molecule has 0 amide bonds. The summed E-state index contributed by atoms with van der Waals surface area (Å²) in [5.41, 5.74) is 0. The molecule has 9 nitrogen and oxygen atoms in total. The molecule has 164 valence electrons. The van der Waals surface area contributed by atoms with Gasteiger partial charge in [0.25, 0.3) is 30.4 Å². The minimum Gasteiger partial charge on any atom is -0.282 e. The molecule has 3 aromatic carbocycles. The number of hydrogen-bond donors (Lipinski definition) is 3. The van der Waals surface area contributed by atoms with E-state index in [1.54, 1.807) is 0 Å². The van der Waals surface area contributed by atoms with Crippen LogP contribution in [0.15, 0.2) is 87.5 Å². The lowest BCUT2D eigenvalue weighted by molar-refractivity contribution is 0.481. The predicted molar refractivity (Wildman–Crippen MR) is 115 cm³/mol. The van der Waals surface area contributed by atoms with Crippen molar-refractivity contribution in [1.82, 2.24) is 0 Å². The maximum absolute atomic E-state index is 11.6. The van der Waals surface area contributed by atoms with E-state index in [2.05, 4.69) is 0 Å². The van der Waals surface area contributed by atoms with Crippen molar-refractivity contribution in [1.29, 1.82) is 0 Å². The largest absolute Gasteiger partial charge is 0.294 e. The van der Waals surface area contributed by atoms with E-state index < -0.39 is 53.0 Å². The number of rotatable bonds is 6. The van der Waals surface area contributed by atoms with Crippen LogP contribution in [0.5, 0.6) is 0 Å². The van der Waals surface area contributed by atoms with Crippen molar-refractivity contribution in [2.45, 2.75) is 14.7 Å². The zero-order valence-corrected chi connectivity index (χ0v) is 18.7. The topological polar surface area (TPSA) is 163 Å². The molecule has 31 heavy (non-hydrogen) atoms. The van der Waals surface area contributed by atoms with Crippen molar-refractivity contribution in [3.05, 3.63) is 72.8 Å². The van der Waals surface area contributed by atoms with Gasteiger partial charge in [0, 0.05) is 0 Å². The van der Waals surface area contributed by atoms with Gasteiger partial charge in [0.15, 0.2) is 0 Å². The van der Waals surface area contributed by atoms with Gasteiger partial charge < -0.3 is 0 Å². The molecule has 0 bridgehead atoms. The van der Waals surface area contributed by atoms with Gasteiger partial charge in [-0.3, -0.25) is 13.7 Å². The average molecular weight is 502 g/mol. The monoisotopic (exact) mass is 502 g/mol. The lowest BCUT2D eigenvalue weighted by atomic mass is 10.3. The first kappa shape index (κ1) is 23.5. The van der Waals surface area contributed by atoms with E-state index in [4.69, 9.17) is 0 Å². The van der Waals surface area contributed by atoms with Crippen LogP contribution in [0.1, 0.15) is 0 Å². The Morgan fingerprint density at radius 2 is 0.742 bits per heavy atom. The smallest absolute Gasteiger partial charge is 0.282 e. The summed E-state index contributed by atoms with van der Waals surface area (Å²) in [6, 6.07) is 15.7. The third-order valence-corrected chi connectivity index (χ3v) is 9.05. The Morgan fingerprint density at radius 3 is 0.968 bits per heavy atom. The zero-order chi connectivity index (χ0) is 23.0. The normalized spacial score (nSPS) is 12.8. The molecule has 0 saturated heterocycles. The highest BCUT2D eigenvalue weighted by Crippen LogP contribution is 2.34. The molecule has 0 radical (unpaired) electrons. The maximum Gasteiger partial charge on any atom is 0.294 e. The summed E-state index contributed by atoms with van der Waals surface area (Å²) in [6.45, 7) is 0. The average Bonchev–Trinajstić information content (AvgIpc) is 2.67. The molecule has 3 rings (SSSR count). The first-order chi connectivity index (χ1) is 14.3. The predicted octanol–water partition coefficient (Wildman–Crippen LogP) is 1.18. The van der Waals surface area contributed by atoms with Gasteiger partial charge in [-0.15, -0.1) is 0 Å². The highest BCUT2D eigenvalue weighted by Gasteiger charge is 2.23. The van der Waals surface area contributed by atoms with Crippen molar-refractivity contribution in [3.63, 3.8) is 0 Å². The second-order valence-corrected chi connectivity index (χ2v) is 12.7. The van der Waals surface area contributed by atoms with Crippen LogP contribution in [-0.2, 0) is 30.4 Å². The molecule has 0 aliphatic carbocycles. The fraction of sp³-hybridized carbons (Fsp3) is 0. The summed E-state index contributed by atoms with van der Waals surface area (Å²) in [7, 11) is -15.4. The van der Waals surface area contributed by atoms with Crippen LogP contribution in [0.4, 0.5) is 0 Å². The minimum absolute atomic E-state index is 0.338. The Kier molecular flexibility index (Phi) is 6.36. The van der Waals surface area contributed by atoms with Crippen LogP contribution in [0.25, 0.3) is 0 Å². The second-order valence-electron chi connectivity index (χ2n) is 6.25. The Morgan fingerprint density at radius 1 is 0.484 bits per heavy atom. The lowest BCUT2D eigenvalue weighted by Crippen LogP contribution is -2.22. The van der Waals surface area contributed by atoms with Gasteiger partial charge in [0.2, 0.25) is 0 Å². The molecule has 0 saturated carbocycles. The van der Waals surface area contributed by atoms with Crippen LogP contribution < -0.4 is 15.9 Å².